The van der Waals surface area contributed by atoms with Crippen LogP contribution in [0, 0.1) is 0 Å². The number of nitrogens with one attached hydrogen (secondary N) is 1. The van der Waals surface area contributed by atoms with Crippen LogP contribution in [0.4, 0.5) is 5.69 Å². The molecule has 0 unspecified atom stereocenters. The molecule has 0 amide bonds. The molecule has 1 aromatic carbocycles. The number of hydrogen-bond donors (Lipinski definition) is 2. The van der Waals surface area contributed by atoms with E-state index in [9.17, 15) is 13.5 Å². The second kappa shape index (κ2) is 5.37. The lowest BCUT2D eigenvalue weighted by molar-refractivity contribution is 0.475. The highest BCUT2D eigenvalue weighted by Crippen LogP contribution is 2.21. The van der Waals surface area contributed by atoms with Gasteiger partial charge in [-0.1, -0.05) is 6.07 Å². The zero-order chi connectivity index (χ0) is 13.1. The van der Waals surface area contributed by atoms with Crippen LogP contribution in [-0.4, -0.2) is 26.1 Å². The molecule has 96 valence electrons. The van der Waals surface area contributed by atoms with Crippen LogP contribution in [0.25, 0.3) is 0 Å². The molecule has 0 saturated heterocycles. The summed E-state index contributed by atoms with van der Waals surface area (Å²) in [5, 5.41) is 9.36. The van der Waals surface area contributed by atoms with Crippen LogP contribution in [0.3, 0.4) is 0 Å². The Balaban J connectivity index is 3.07. The van der Waals surface area contributed by atoms with Gasteiger partial charge in [0, 0.05) is 18.7 Å². The SMILES string of the molecule is CCN(c1cccc(O)c1)S(=O)(=O)NC(C)C. The minimum Gasteiger partial charge on any atom is -0.508 e. The third-order valence-corrected chi connectivity index (χ3v) is 3.90. The predicted octanol–water partition coefficient (Wildman–Crippen LogP) is 1.46. The summed E-state index contributed by atoms with van der Waals surface area (Å²) < 4.78 is 27.8. The van der Waals surface area contributed by atoms with Crippen molar-refractivity contribution in [1.82, 2.24) is 4.72 Å². The minimum absolute atomic E-state index is 0.0423. The maximum Gasteiger partial charge on any atom is 0.301 e. The molecule has 0 aromatic heterocycles. The van der Waals surface area contributed by atoms with E-state index < -0.39 is 10.2 Å². The molecule has 0 bridgehead atoms. The number of hydrogen-bond acceptors (Lipinski definition) is 3. The van der Waals surface area contributed by atoms with E-state index in [4.69, 9.17) is 0 Å². The second-order valence-electron chi connectivity index (χ2n) is 3.96. The lowest BCUT2D eigenvalue weighted by Crippen LogP contribution is -2.43. The number of phenolic OH excluding ortho intramolecular Hbond substituents is 1. The maximum atomic E-state index is 12.0. The molecule has 0 saturated carbocycles. The van der Waals surface area contributed by atoms with Crippen LogP contribution in [-0.2, 0) is 10.2 Å². The second-order valence-corrected chi connectivity index (χ2v) is 5.59. The molecule has 5 nitrogen and oxygen atoms in total. The lowest BCUT2D eigenvalue weighted by atomic mass is 10.3. The average molecular weight is 258 g/mol. The molecule has 0 radical (unpaired) electrons. The summed E-state index contributed by atoms with van der Waals surface area (Å²) in [6.07, 6.45) is 0. The summed E-state index contributed by atoms with van der Waals surface area (Å²) in [5.74, 6) is 0.0423. The van der Waals surface area contributed by atoms with Crippen molar-refractivity contribution in [1.29, 1.82) is 0 Å². The van der Waals surface area contributed by atoms with Crippen molar-refractivity contribution in [2.24, 2.45) is 0 Å². The van der Waals surface area contributed by atoms with E-state index in [1.165, 1.54) is 16.4 Å². The molecule has 0 spiro atoms. The Labute approximate surface area is 102 Å². The monoisotopic (exact) mass is 258 g/mol. The number of aromatic hydroxyl groups is 1. The van der Waals surface area contributed by atoms with Gasteiger partial charge in [-0.05, 0) is 32.9 Å². The first-order valence-electron chi connectivity index (χ1n) is 5.46. The highest BCUT2D eigenvalue weighted by Gasteiger charge is 2.21. The van der Waals surface area contributed by atoms with E-state index in [0.717, 1.165) is 0 Å². The fourth-order valence-electron chi connectivity index (χ4n) is 1.50. The first-order valence-corrected chi connectivity index (χ1v) is 6.90. The summed E-state index contributed by atoms with van der Waals surface area (Å²) in [5.41, 5.74) is 0.445. The van der Waals surface area contributed by atoms with Gasteiger partial charge in [-0.2, -0.15) is 13.1 Å². The van der Waals surface area contributed by atoms with Crippen LogP contribution in [0.5, 0.6) is 5.75 Å². The Morgan fingerprint density at radius 3 is 2.53 bits per heavy atom. The fourth-order valence-corrected chi connectivity index (χ4v) is 2.95. The van der Waals surface area contributed by atoms with Crippen molar-refractivity contribution < 1.29 is 13.5 Å². The van der Waals surface area contributed by atoms with Gasteiger partial charge in [0.2, 0.25) is 0 Å². The molecular weight excluding hydrogens is 240 g/mol. The summed E-state index contributed by atoms with van der Waals surface area (Å²) in [6.45, 7) is 5.55. The Hall–Kier alpha value is -1.27. The molecule has 2 N–H and O–H groups in total. The molecule has 17 heavy (non-hydrogen) atoms. The van der Waals surface area contributed by atoms with Crippen molar-refractivity contribution in [3.8, 4) is 5.75 Å². The average Bonchev–Trinajstić information content (AvgIpc) is 2.15. The number of rotatable bonds is 5. The standard InChI is InChI=1S/C11H18N2O3S/c1-4-13(17(15,16)12-9(2)3)10-6-5-7-11(14)8-10/h5-9,12,14H,4H2,1-3H3. The normalized spacial score (nSPS) is 11.8. The molecule has 0 aliphatic carbocycles. The molecule has 0 aliphatic rings. The fraction of sp³-hybridized carbons (Fsp3) is 0.455. The molecule has 0 aliphatic heterocycles. The highest BCUT2D eigenvalue weighted by molar-refractivity contribution is 7.90. The van der Waals surface area contributed by atoms with Gasteiger partial charge in [-0.15, -0.1) is 0 Å². The van der Waals surface area contributed by atoms with Crippen molar-refractivity contribution in [3.63, 3.8) is 0 Å². The van der Waals surface area contributed by atoms with Gasteiger partial charge < -0.3 is 5.11 Å². The van der Waals surface area contributed by atoms with E-state index >= 15 is 0 Å². The largest absolute Gasteiger partial charge is 0.508 e. The summed E-state index contributed by atoms with van der Waals surface area (Å²) in [7, 11) is -3.57. The minimum atomic E-state index is -3.57. The lowest BCUT2D eigenvalue weighted by Gasteiger charge is -2.24. The van der Waals surface area contributed by atoms with Gasteiger partial charge in [0.1, 0.15) is 5.75 Å². The Kier molecular flexibility index (Phi) is 4.36. The molecule has 0 heterocycles. The summed E-state index contributed by atoms with van der Waals surface area (Å²) >= 11 is 0. The smallest absolute Gasteiger partial charge is 0.301 e. The van der Waals surface area contributed by atoms with Crippen molar-refractivity contribution in [3.05, 3.63) is 24.3 Å². The molecule has 0 fully saturated rings. The first kappa shape index (κ1) is 13.8. The van der Waals surface area contributed by atoms with Crippen LogP contribution in [0.2, 0.25) is 0 Å². The van der Waals surface area contributed by atoms with Crippen LogP contribution in [0.1, 0.15) is 20.8 Å². The Morgan fingerprint density at radius 1 is 1.41 bits per heavy atom. The van der Waals surface area contributed by atoms with Crippen molar-refractivity contribution >= 4 is 15.9 Å². The van der Waals surface area contributed by atoms with Crippen LogP contribution in [0.15, 0.2) is 24.3 Å². The van der Waals surface area contributed by atoms with Gasteiger partial charge in [0.15, 0.2) is 0 Å². The number of anilines is 1. The molecule has 1 aromatic rings. The Bertz CT molecular complexity index is 471. The molecule has 6 heteroatoms. The van der Waals surface area contributed by atoms with Gasteiger partial charge in [0.05, 0.1) is 5.69 Å². The quantitative estimate of drug-likeness (QED) is 0.840. The topological polar surface area (TPSA) is 69.6 Å². The first-order chi connectivity index (χ1) is 7.86. The molecular formula is C11H18N2O3S. The third kappa shape index (κ3) is 3.61. The summed E-state index contributed by atoms with van der Waals surface area (Å²) in [4.78, 5) is 0. The summed E-state index contributed by atoms with van der Waals surface area (Å²) in [6, 6.07) is 6.00. The van der Waals surface area contributed by atoms with Crippen molar-refractivity contribution in [2.75, 3.05) is 10.8 Å². The van der Waals surface area contributed by atoms with Gasteiger partial charge in [-0.25, -0.2) is 0 Å². The van der Waals surface area contributed by atoms with E-state index in [1.54, 1.807) is 32.9 Å². The van der Waals surface area contributed by atoms with Crippen molar-refractivity contribution in [2.45, 2.75) is 26.8 Å². The van der Waals surface area contributed by atoms with E-state index in [2.05, 4.69) is 4.72 Å². The van der Waals surface area contributed by atoms with Gasteiger partial charge >= 0.3 is 10.2 Å². The zero-order valence-electron chi connectivity index (χ0n) is 10.2. The highest BCUT2D eigenvalue weighted by atomic mass is 32.2. The Morgan fingerprint density at radius 2 is 2.06 bits per heavy atom. The predicted molar refractivity (Wildman–Crippen MR) is 68.3 cm³/mol. The van der Waals surface area contributed by atoms with E-state index in [0.29, 0.717) is 12.2 Å². The maximum absolute atomic E-state index is 12.0. The molecule has 0 atom stereocenters. The number of benzene rings is 1. The van der Waals surface area contributed by atoms with Gasteiger partial charge in [-0.3, -0.25) is 4.31 Å². The third-order valence-electron chi connectivity index (χ3n) is 2.08. The van der Waals surface area contributed by atoms with Gasteiger partial charge in [0.25, 0.3) is 0 Å². The molecule has 1 rings (SSSR count). The zero-order valence-corrected chi connectivity index (χ0v) is 11.0. The number of phenols is 1. The van der Waals surface area contributed by atoms with Crippen LogP contribution < -0.4 is 9.03 Å². The van der Waals surface area contributed by atoms with E-state index in [1.807, 2.05) is 0 Å². The van der Waals surface area contributed by atoms with Crippen LogP contribution >= 0.6 is 0 Å². The van der Waals surface area contributed by atoms with E-state index in [-0.39, 0.29) is 11.8 Å². The number of nitrogens with zero attached hydrogens (tertiary/aromatic N) is 1.